The first kappa shape index (κ1) is 16.8. The Labute approximate surface area is 132 Å². The number of carbonyl (C=O) groups is 1. The molecule has 1 aromatic carbocycles. The Kier molecular flexibility index (Phi) is 7.19. The van der Waals surface area contributed by atoms with Gasteiger partial charge in [0.05, 0.1) is 19.3 Å². The second kappa shape index (κ2) is 9.43. The van der Waals surface area contributed by atoms with Gasteiger partial charge in [-0.3, -0.25) is 0 Å². The SMILES string of the molecule is COCCOC1CCN(C(=O)NCCc2ccccc2)CC1. The Morgan fingerprint density at radius 2 is 1.95 bits per heavy atom. The van der Waals surface area contributed by atoms with Crippen molar-refractivity contribution in [2.75, 3.05) is 40.0 Å². The zero-order valence-electron chi connectivity index (χ0n) is 13.3. The lowest BCUT2D eigenvalue weighted by molar-refractivity contribution is -0.00917. The molecular formula is C17H26N2O3. The van der Waals surface area contributed by atoms with E-state index < -0.39 is 0 Å². The van der Waals surface area contributed by atoms with E-state index in [-0.39, 0.29) is 12.1 Å². The molecule has 1 aromatic rings. The van der Waals surface area contributed by atoms with Gasteiger partial charge in [0.25, 0.3) is 0 Å². The lowest BCUT2D eigenvalue weighted by Gasteiger charge is -2.32. The standard InChI is InChI=1S/C17H26N2O3/c1-21-13-14-22-16-8-11-19(12-9-16)17(20)18-10-7-15-5-3-2-4-6-15/h2-6,16H,7-14H2,1H3,(H,18,20). The number of urea groups is 1. The number of hydrogen-bond acceptors (Lipinski definition) is 3. The molecule has 22 heavy (non-hydrogen) atoms. The van der Waals surface area contributed by atoms with Crippen molar-refractivity contribution in [3.05, 3.63) is 35.9 Å². The lowest BCUT2D eigenvalue weighted by atomic mass is 10.1. The van der Waals surface area contributed by atoms with Crippen molar-refractivity contribution in [1.82, 2.24) is 10.2 Å². The molecule has 1 N–H and O–H groups in total. The Morgan fingerprint density at radius 3 is 2.64 bits per heavy atom. The second-order valence-electron chi connectivity index (χ2n) is 5.52. The zero-order chi connectivity index (χ0) is 15.6. The van der Waals surface area contributed by atoms with E-state index in [1.165, 1.54) is 5.56 Å². The quantitative estimate of drug-likeness (QED) is 0.785. The zero-order valence-corrected chi connectivity index (χ0v) is 13.3. The largest absolute Gasteiger partial charge is 0.382 e. The van der Waals surface area contributed by atoms with Gasteiger partial charge in [-0.25, -0.2) is 4.79 Å². The molecule has 2 rings (SSSR count). The minimum Gasteiger partial charge on any atom is -0.382 e. The van der Waals surface area contributed by atoms with Crippen molar-refractivity contribution in [2.45, 2.75) is 25.4 Å². The summed E-state index contributed by atoms with van der Waals surface area (Å²) in [6, 6.07) is 10.2. The predicted octanol–water partition coefficient (Wildman–Crippen LogP) is 2.07. The van der Waals surface area contributed by atoms with Crippen LogP contribution in [-0.4, -0.2) is 57.0 Å². The number of rotatable bonds is 7. The average Bonchev–Trinajstić information content (AvgIpc) is 2.56. The van der Waals surface area contributed by atoms with E-state index in [9.17, 15) is 4.79 Å². The smallest absolute Gasteiger partial charge is 0.317 e. The minimum atomic E-state index is 0.0336. The van der Waals surface area contributed by atoms with Crippen molar-refractivity contribution in [1.29, 1.82) is 0 Å². The molecule has 5 heteroatoms. The third-order valence-corrected chi connectivity index (χ3v) is 3.90. The van der Waals surface area contributed by atoms with Gasteiger partial charge in [-0.1, -0.05) is 30.3 Å². The summed E-state index contributed by atoms with van der Waals surface area (Å²) in [5.74, 6) is 0. The van der Waals surface area contributed by atoms with Gasteiger partial charge in [0.2, 0.25) is 0 Å². The minimum absolute atomic E-state index is 0.0336. The molecule has 0 aliphatic carbocycles. The summed E-state index contributed by atoms with van der Waals surface area (Å²) in [5, 5.41) is 2.99. The van der Waals surface area contributed by atoms with Crippen molar-refractivity contribution < 1.29 is 14.3 Å². The van der Waals surface area contributed by atoms with Gasteiger partial charge in [0, 0.05) is 26.7 Å². The molecule has 0 spiro atoms. The van der Waals surface area contributed by atoms with E-state index >= 15 is 0 Å². The van der Waals surface area contributed by atoms with Crippen LogP contribution in [0.25, 0.3) is 0 Å². The van der Waals surface area contributed by atoms with E-state index in [1.807, 2.05) is 23.1 Å². The Morgan fingerprint density at radius 1 is 1.23 bits per heavy atom. The van der Waals surface area contributed by atoms with Crippen LogP contribution in [0.3, 0.4) is 0 Å². The highest BCUT2D eigenvalue weighted by Gasteiger charge is 2.22. The molecule has 0 saturated carbocycles. The normalized spacial score (nSPS) is 15.8. The van der Waals surface area contributed by atoms with Gasteiger partial charge >= 0.3 is 6.03 Å². The molecule has 0 aromatic heterocycles. The fourth-order valence-corrected chi connectivity index (χ4v) is 2.59. The van der Waals surface area contributed by atoms with Crippen LogP contribution < -0.4 is 5.32 Å². The van der Waals surface area contributed by atoms with Crippen molar-refractivity contribution in [3.8, 4) is 0 Å². The molecule has 5 nitrogen and oxygen atoms in total. The van der Waals surface area contributed by atoms with E-state index in [4.69, 9.17) is 9.47 Å². The molecule has 1 aliphatic heterocycles. The average molecular weight is 306 g/mol. The Hall–Kier alpha value is -1.59. The van der Waals surface area contributed by atoms with E-state index in [1.54, 1.807) is 7.11 Å². The summed E-state index contributed by atoms with van der Waals surface area (Å²) in [5.41, 5.74) is 1.24. The van der Waals surface area contributed by atoms with Crippen LogP contribution in [0.1, 0.15) is 18.4 Å². The van der Waals surface area contributed by atoms with Crippen LogP contribution >= 0.6 is 0 Å². The van der Waals surface area contributed by atoms with Crippen LogP contribution in [0.5, 0.6) is 0 Å². The van der Waals surface area contributed by atoms with Gasteiger partial charge < -0.3 is 19.7 Å². The van der Waals surface area contributed by atoms with Crippen LogP contribution in [0.2, 0.25) is 0 Å². The Bertz CT molecular complexity index is 431. The van der Waals surface area contributed by atoms with Crippen LogP contribution in [-0.2, 0) is 15.9 Å². The first-order chi connectivity index (χ1) is 10.8. The fourth-order valence-electron chi connectivity index (χ4n) is 2.59. The summed E-state index contributed by atoms with van der Waals surface area (Å²) in [6.45, 7) is 3.45. The maximum absolute atomic E-state index is 12.1. The number of ether oxygens (including phenoxy) is 2. The number of methoxy groups -OCH3 is 1. The molecule has 1 heterocycles. The van der Waals surface area contributed by atoms with Crippen molar-refractivity contribution in [3.63, 3.8) is 0 Å². The van der Waals surface area contributed by atoms with Gasteiger partial charge in [-0.15, -0.1) is 0 Å². The summed E-state index contributed by atoms with van der Waals surface area (Å²) < 4.78 is 10.7. The molecule has 1 aliphatic rings. The first-order valence-electron chi connectivity index (χ1n) is 7.97. The number of likely N-dealkylation sites (tertiary alicyclic amines) is 1. The number of piperidine rings is 1. The third kappa shape index (κ3) is 5.66. The fraction of sp³-hybridized carbons (Fsp3) is 0.588. The maximum atomic E-state index is 12.1. The number of amides is 2. The van der Waals surface area contributed by atoms with Crippen LogP contribution in [0.4, 0.5) is 4.79 Å². The number of nitrogens with zero attached hydrogens (tertiary/aromatic N) is 1. The highest BCUT2D eigenvalue weighted by Crippen LogP contribution is 2.13. The monoisotopic (exact) mass is 306 g/mol. The van der Waals surface area contributed by atoms with Gasteiger partial charge in [-0.2, -0.15) is 0 Å². The number of carbonyl (C=O) groups excluding carboxylic acids is 1. The topological polar surface area (TPSA) is 50.8 Å². The molecule has 1 saturated heterocycles. The van der Waals surface area contributed by atoms with E-state index in [2.05, 4.69) is 17.4 Å². The van der Waals surface area contributed by atoms with Gasteiger partial charge in [-0.05, 0) is 24.8 Å². The number of hydrogen-bond donors (Lipinski definition) is 1. The highest BCUT2D eigenvalue weighted by atomic mass is 16.5. The molecule has 0 bridgehead atoms. The summed E-state index contributed by atoms with van der Waals surface area (Å²) in [6.07, 6.45) is 2.91. The highest BCUT2D eigenvalue weighted by molar-refractivity contribution is 5.74. The summed E-state index contributed by atoms with van der Waals surface area (Å²) >= 11 is 0. The molecule has 0 unspecified atom stereocenters. The molecule has 0 atom stereocenters. The first-order valence-corrected chi connectivity index (χ1v) is 7.97. The summed E-state index contributed by atoms with van der Waals surface area (Å²) in [4.78, 5) is 14.0. The van der Waals surface area contributed by atoms with Crippen LogP contribution in [0.15, 0.2) is 30.3 Å². The molecule has 2 amide bonds. The number of nitrogens with one attached hydrogen (secondary N) is 1. The maximum Gasteiger partial charge on any atom is 0.317 e. The third-order valence-electron chi connectivity index (χ3n) is 3.90. The van der Waals surface area contributed by atoms with Crippen LogP contribution in [0, 0.1) is 0 Å². The van der Waals surface area contributed by atoms with Crippen molar-refractivity contribution in [2.24, 2.45) is 0 Å². The van der Waals surface area contributed by atoms with E-state index in [0.717, 1.165) is 32.4 Å². The molecular weight excluding hydrogens is 280 g/mol. The van der Waals surface area contributed by atoms with Gasteiger partial charge in [0.1, 0.15) is 0 Å². The predicted molar refractivity (Wildman–Crippen MR) is 86.0 cm³/mol. The molecule has 122 valence electrons. The van der Waals surface area contributed by atoms with Crippen molar-refractivity contribution >= 4 is 6.03 Å². The van der Waals surface area contributed by atoms with Gasteiger partial charge in [0.15, 0.2) is 0 Å². The summed E-state index contributed by atoms with van der Waals surface area (Å²) in [7, 11) is 1.67. The number of benzene rings is 1. The lowest BCUT2D eigenvalue weighted by Crippen LogP contribution is -2.46. The molecule has 0 radical (unpaired) electrons. The Balaban J connectivity index is 1.61. The van der Waals surface area contributed by atoms with E-state index in [0.29, 0.717) is 19.8 Å². The second-order valence-corrected chi connectivity index (χ2v) is 5.52. The molecule has 1 fully saturated rings.